The van der Waals surface area contributed by atoms with Crippen LogP contribution in [0.4, 0.5) is 4.39 Å². The van der Waals surface area contributed by atoms with E-state index in [1.54, 1.807) is 30.3 Å². The summed E-state index contributed by atoms with van der Waals surface area (Å²) in [5.41, 5.74) is 2.61. The zero-order valence-corrected chi connectivity index (χ0v) is 21.2. The summed E-state index contributed by atoms with van der Waals surface area (Å²) >= 11 is 0. The molecule has 0 aliphatic heterocycles. The molecule has 4 rings (SSSR count). The third-order valence-electron chi connectivity index (χ3n) is 5.51. The van der Waals surface area contributed by atoms with Crippen molar-refractivity contribution in [2.75, 3.05) is 20.5 Å². The van der Waals surface area contributed by atoms with Gasteiger partial charge >= 0.3 is 10.1 Å². The van der Waals surface area contributed by atoms with Crippen molar-refractivity contribution in [3.05, 3.63) is 90.2 Å². The van der Waals surface area contributed by atoms with E-state index in [9.17, 15) is 17.9 Å². The van der Waals surface area contributed by atoms with Gasteiger partial charge in [-0.2, -0.15) is 8.42 Å². The van der Waals surface area contributed by atoms with Crippen LogP contribution in [0.5, 0.6) is 28.7 Å². The second-order valence-electron chi connectivity index (χ2n) is 8.11. The molecule has 0 aliphatic rings. The van der Waals surface area contributed by atoms with Gasteiger partial charge in [-0.05, 0) is 47.0 Å². The summed E-state index contributed by atoms with van der Waals surface area (Å²) in [5, 5.41) is 11.2. The lowest BCUT2D eigenvalue weighted by atomic mass is 9.96. The fraction of sp³-hybridized carbons (Fsp3) is 0.143. The lowest BCUT2D eigenvalue weighted by Crippen LogP contribution is -2.08. The lowest BCUT2D eigenvalue weighted by Gasteiger charge is -2.19. The van der Waals surface area contributed by atoms with Crippen molar-refractivity contribution in [1.29, 1.82) is 0 Å². The van der Waals surface area contributed by atoms with E-state index in [0.29, 0.717) is 16.7 Å². The van der Waals surface area contributed by atoms with Crippen LogP contribution in [0.15, 0.2) is 78.9 Å². The number of halogens is 1. The van der Waals surface area contributed by atoms with E-state index in [1.165, 1.54) is 32.4 Å². The molecule has 0 aromatic heterocycles. The highest BCUT2D eigenvalue weighted by Crippen LogP contribution is 2.50. The van der Waals surface area contributed by atoms with Gasteiger partial charge in [-0.15, -0.1) is 0 Å². The summed E-state index contributed by atoms with van der Waals surface area (Å²) in [4.78, 5) is 0. The number of phenolic OH excluding ortho intramolecular Hbond substituents is 1. The Kier molecular flexibility index (Phi) is 7.54. The summed E-state index contributed by atoms with van der Waals surface area (Å²) in [6, 6.07) is 21.4. The number of hydrogen-bond acceptors (Lipinski definition) is 7. The van der Waals surface area contributed by atoms with Gasteiger partial charge in [0, 0.05) is 5.56 Å². The maximum Gasteiger partial charge on any atom is 0.306 e. The smallest absolute Gasteiger partial charge is 0.306 e. The molecule has 9 heteroatoms. The molecule has 0 aliphatic carbocycles. The molecule has 0 amide bonds. The highest BCUT2D eigenvalue weighted by Gasteiger charge is 2.23. The molecule has 0 saturated carbocycles. The first-order chi connectivity index (χ1) is 17.7. The minimum atomic E-state index is -3.90. The minimum absolute atomic E-state index is 0.0565. The maximum absolute atomic E-state index is 13.5. The highest BCUT2D eigenvalue weighted by atomic mass is 32.2. The standard InChI is InChI=1S/C28H25FO7S/c1-33-25-16-22(19-9-12-21(29)13-10-19)28(34-2)27(30)26(25)20-11-14-23(24(15-20)36-37(3,31)32)35-17-18-7-5-4-6-8-18/h4-16,30H,17H2,1-3H3. The molecule has 0 fully saturated rings. The number of methoxy groups -OCH3 is 2. The molecule has 0 spiro atoms. The van der Waals surface area contributed by atoms with Crippen molar-refractivity contribution in [2.24, 2.45) is 0 Å². The molecule has 37 heavy (non-hydrogen) atoms. The van der Waals surface area contributed by atoms with Crippen molar-refractivity contribution < 1.29 is 36.3 Å². The number of phenols is 1. The van der Waals surface area contributed by atoms with Crippen LogP contribution in [0.3, 0.4) is 0 Å². The summed E-state index contributed by atoms with van der Waals surface area (Å²) < 4.78 is 59.6. The predicted octanol–water partition coefficient (Wildman–Crippen LogP) is 5.80. The average Bonchev–Trinajstić information content (AvgIpc) is 2.87. The van der Waals surface area contributed by atoms with Crippen LogP contribution < -0.4 is 18.4 Å². The molecule has 0 radical (unpaired) electrons. The van der Waals surface area contributed by atoms with Gasteiger partial charge in [-0.1, -0.05) is 48.5 Å². The Labute approximate surface area is 214 Å². The van der Waals surface area contributed by atoms with Crippen LogP contribution in [0, 0.1) is 5.82 Å². The normalized spacial score (nSPS) is 11.1. The molecule has 0 bridgehead atoms. The first kappa shape index (κ1) is 25.8. The molecule has 4 aromatic rings. The Morgan fingerprint density at radius 2 is 1.49 bits per heavy atom. The number of aromatic hydroxyl groups is 1. The van der Waals surface area contributed by atoms with Crippen LogP contribution in [0.1, 0.15) is 5.56 Å². The fourth-order valence-corrected chi connectivity index (χ4v) is 4.32. The van der Waals surface area contributed by atoms with Crippen molar-refractivity contribution in [1.82, 2.24) is 0 Å². The van der Waals surface area contributed by atoms with Gasteiger partial charge in [0.25, 0.3) is 0 Å². The van der Waals surface area contributed by atoms with Crippen molar-refractivity contribution in [3.8, 4) is 51.0 Å². The van der Waals surface area contributed by atoms with E-state index in [-0.39, 0.29) is 40.9 Å². The van der Waals surface area contributed by atoms with Crippen molar-refractivity contribution in [3.63, 3.8) is 0 Å². The molecule has 192 valence electrons. The SMILES string of the molecule is COc1cc(-c2ccc(F)cc2)c(OC)c(O)c1-c1ccc(OCc2ccccc2)c(OS(C)(=O)=O)c1. The van der Waals surface area contributed by atoms with E-state index in [1.807, 2.05) is 30.3 Å². The van der Waals surface area contributed by atoms with Gasteiger partial charge in [0.2, 0.25) is 0 Å². The number of benzene rings is 4. The largest absolute Gasteiger partial charge is 0.504 e. The summed E-state index contributed by atoms with van der Waals surface area (Å²) in [6.07, 6.45) is 0.930. The molecular formula is C28H25FO7S. The van der Waals surface area contributed by atoms with Crippen LogP contribution >= 0.6 is 0 Å². The summed E-state index contributed by atoms with van der Waals surface area (Å²) in [5.74, 6) is -0.0865. The molecule has 4 aromatic carbocycles. The summed E-state index contributed by atoms with van der Waals surface area (Å²) in [6.45, 7) is 0.190. The highest BCUT2D eigenvalue weighted by molar-refractivity contribution is 7.86. The monoisotopic (exact) mass is 524 g/mol. The predicted molar refractivity (Wildman–Crippen MR) is 138 cm³/mol. The minimum Gasteiger partial charge on any atom is -0.504 e. The van der Waals surface area contributed by atoms with Crippen LogP contribution in [0.2, 0.25) is 0 Å². The topological polar surface area (TPSA) is 91.3 Å². The Hall–Kier alpha value is -4.24. The summed E-state index contributed by atoms with van der Waals surface area (Å²) in [7, 11) is -1.06. The van der Waals surface area contributed by atoms with E-state index in [2.05, 4.69) is 0 Å². The van der Waals surface area contributed by atoms with Crippen molar-refractivity contribution in [2.45, 2.75) is 6.61 Å². The quantitative estimate of drug-likeness (QED) is 0.277. The van der Waals surface area contributed by atoms with Gasteiger partial charge in [0.1, 0.15) is 18.2 Å². The Morgan fingerprint density at radius 3 is 2.11 bits per heavy atom. The Bertz CT molecular complexity index is 1500. The maximum atomic E-state index is 13.5. The number of ether oxygens (including phenoxy) is 3. The van der Waals surface area contributed by atoms with E-state index in [4.69, 9.17) is 18.4 Å². The molecule has 0 unspecified atom stereocenters. The second-order valence-corrected chi connectivity index (χ2v) is 9.69. The van der Waals surface area contributed by atoms with Gasteiger partial charge in [-0.25, -0.2) is 4.39 Å². The van der Waals surface area contributed by atoms with E-state index in [0.717, 1.165) is 11.8 Å². The van der Waals surface area contributed by atoms with E-state index < -0.39 is 15.9 Å². The number of rotatable bonds is 9. The third-order valence-corrected chi connectivity index (χ3v) is 5.99. The lowest BCUT2D eigenvalue weighted by molar-refractivity contribution is 0.296. The third kappa shape index (κ3) is 5.95. The number of hydrogen-bond donors (Lipinski definition) is 1. The van der Waals surface area contributed by atoms with Gasteiger partial charge in [0.15, 0.2) is 23.0 Å². The van der Waals surface area contributed by atoms with Crippen LogP contribution in [-0.4, -0.2) is 34.0 Å². The Morgan fingerprint density at radius 1 is 0.811 bits per heavy atom. The molecule has 0 saturated heterocycles. The van der Waals surface area contributed by atoms with Gasteiger partial charge in [-0.3, -0.25) is 0 Å². The molecule has 0 heterocycles. The second kappa shape index (κ2) is 10.8. The van der Waals surface area contributed by atoms with Crippen LogP contribution in [-0.2, 0) is 16.7 Å². The first-order valence-corrected chi connectivity index (χ1v) is 13.0. The molecular weight excluding hydrogens is 499 g/mol. The molecule has 7 nitrogen and oxygen atoms in total. The van der Waals surface area contributed by atoms with Gasteiger partial charge < -0.3 is 23.5 Å². The molecule has 0 atom stereocenters. The van der Waals surface area contributed by atoms with Gasteiger partial charge in [0.05, 0.1) is 26.0 Å². The fourth-order valence-electron chi connectivity index (χ4n) is 3.86. The zero-order chi connectivity index (χ0) is 26.6. The zero-order valence-electron chi connectivity index (χ0n) is 20.4. The van der Waals surface area contributed by atoms with Crippen LogP contribution in [0.25, 0.3) is 22.3 Å². The molecule has 1 N–H and O–H groups in total. The van der Waals surface area contributed by atoms with E-state index >= 15 is 0 Å². The van der Waals surface area contributed by atoms with Crippen molar-refractivity contribution >= 4 is 10.1 Å². The first-order valence-electron chi connectivity index (χ1n) is 11.1. The Balaban J connectivity index is 1.81. The average molecular weight is 525 g/mol.